The van der Waals surface area contributed by atoms with Gasteiger partial charge in [-0.15, -0.1) is 0 Å². The number of benzene rings is 1. The zero-order valence-corrected chi connectivity index (χ0v) is 17.8. The monoisotopic (exact) mass is 415 g/mol. The molecule has 6 nitrogen and oxygen atoms in total. The lowest BCUT2D eigenvalue weighted by atomic mass is 9.78. The Balaban J connectivity index is 1.34. The molecule has 2 saturated carbocycles. The van der Waals surface area contributed by atoms with Crippen molar-refractivity contribution in [3.8, 4) is 5.75 Å². The van der Waals surface area contributed by atoms with E-state index in [0.717, 1.165) is 25.4 Å². The SMILES string of the molecule is COC(=O)c1ccccc1O[C@@H]1C[C@@H]2CN(C(=O)CCC3CCCC3)C[C@@H]2C[C@H]1O. The predicted octanol–water partition coefficient (Wildman–Crippen LogP) is 3.42. The summed E-state index contributed by atoms with van der Waals surface area (Å²) in [7, 11) is 1.34. The van der Waals surface area contributed by atoms with Crippen molar-refractivity contribution in [2.24, 2.45) is 17.8 Å². The normalized spacial score (nSPS) is 28.9. The van der Waals surface area contributed by atoms with Gasteiger partial charge in [-0.2, -0.15) is 0 Å². The van der Waals surface area contributed by atoms with Gasteiger partial charge in [-0.1, -0.05) is 37.8 Å². The van der Waals surface area contributed by atoms with Crippen molar-refractivity contribution < 1.29 is 24.2 Å². The fourth-order valence-corrected chi connectivity index (χ4v) is 5.52. The highest BCUT2D eigenvalue weighted by atomic mass is 16.5. The van der Waals surface area contributed by atoms with E-state index in [1.54, 1.807) is 24.3 Å². The van der Waals surface area contributed by atoms with Crippen LogP contribution >= 0.6 is 0 Å². The molecule has 0 aromatic heterocycles. The largest absolute Gasteiger partial charge is 0.487 e. The first-order valence-corrected chi connectivity index (χ1v) is 11.3. The van der Waals surface area contributed by atoms with Crippen LogP contribution < -0.4 is 4.74 Å². The molecule has 1 saturated heterocycles. The van der Waals surface area contributed by atoms with Gasteiger partial charge in [0.25, 0.3) is 0 Å². The van der Waals surface area contributed by atoms with E-state index in [1.165, 1.54) is 32.8 Å². The Labute approximate surface area is 178 Å². The second-order valence-corrected chi connectivity index (χ2v) is 9.19. The number of ether oxygens (including phenoxy) is 2. The first-order chi connectivity index (χ1) is 14.5. The number of carbonyl (C=O) groups excluding carboxylic acids is 2. The molecule has 4 atom stereocenters. The third-order valence-electron chi connectivity index (χ3n) is 7.25. The van der Waals surface area contributed by atoms with Gasteiger partial charge in [0.05, 0.1) is 13.2 Å². The van der Waals surface area contributed by atoms with Gasteiger partial charge in [0, 0.05) is 19.5 Å². The van der Waals surface area contributed by atoms with Crippen LogP contribution in [0.3, 0.4) is 0 Å². The van der Waals surface area contributed by atoms with Gasteiger partial charge in [0.15, 0.2) is 0 Å². The Bertz CT molecular complexity index is 760. The zero-order valence-electron chi connectivity index (χ0n) is 17.8. The predicted molar refractivity (Wildman–Crippen MR) is 112 cm³/mol. The second-order valence-electron chi connectivity index (χ2n) is 9.19. The highest BCUT2D eigenvalue weighted by molar-refractivity contribution is 5.92. The minimum atomic E-state index is -0.606. The summed E-state index contributed by atoms with van der Waals surface area (Å²) >= 11 is 0. The molecule has 3 fully saturated rings. The molecule has 0 spiro atoms. The number of aliphatic hydroxyl groups excluding tert-OH is 1. The summed E-state index contributed by atoms with van der Waals surface area (Å²) in [5.74, 6) is 1.64. The Hall–Kier alpha value is -2.08. The number of carbonyl (C=O) groups is 2. The van der Waals surface area contributed by atoms with Gasteiger partial charge >= 0.3 is 5.97 Å². The molecule has 3 aliphatic rings. The number of fused-ring (bicyclic) bond motifs is 1. The second kappa shape index (κ2) is 9.38. The van der Waals surface area contributed by atoms with Gasteiger partial charge in [-0.3, -0.25) is 4.79 Å². The number of likely N-dealkylation sites (tertiary alicyclic amines) is 1. The van der Waals surface area contributed by atoms with Crippen molar-refractivity contribution in [3.63, 3.8) is 0 Å². The van der Waals surface area contributed by atoms with Crippen LogP contribution in [0.15, 0.2) is 24.3 Å². The average molecular weight is 416 g/mol. The Morgan fingerprint density at radius 2 is 1.80 bits per heavy atom. The Morgan fingerprint density at radius 3 is 2.53 bits per heavy atom. The molecule has 30 heavy (non-hydrogen) atoms. The Kier molecular flexibility index (Phi) is 6.61. The lowest BCUT2D eigenvalue weighted by Crippen LogP contribution is -2.42. The molecule has 1 aliphatic heterocycles. The van der Waals surface area contributed by atoms with Crippen LogP contribution in [0, 0.1) is 17.8 Å². The number of rotatable bonds is 6. The van der Waals surface area contributed by atoms with E-state index in [1.807, 2.05) is 4.90 Å². The molecule has 4 rings (SSSR count). The van der Waals surface area contributed by atoms with E-state index in [4.69, 9.17) is 9.47 Å². The summed E-state index contributed by atoms with van der Waals surface area (Å²) in [4.78, 5) is 26.7. The summed E-state index contributed by atoms with van der Waals surface area (Å²) in [5.41, 5.74) is 0.365. The topological polar surface area (TPSA) is 76.1 Å². The number of para-hydroxylation sites is 1. The van der Waals surface area contributed by atoms with E-state index in [-0.39, 0.29) is 12.0 Å². The van der Waals surface area contributed by atoms with Crippen molar-refractivity contribution in [2.45, 2.75) is 63.6 Å². The van der Waals surface area contributed by atoms with Crippen LogP contribution in [0.5, 0.6) is 5.75 Å². The minimum Gasteiger partial charge on any atom is -0.487 e. The molecular weight excluding hydrogens is 382 g/mol. The van der Waals surface area contributed by atoms with Crippen LogP contribution in [0.4, 0.5) is 0 Å². The summed E-state index contributed by atoms with van der Waals surface area (Å²) in [5, 5.41) is 10.7. The maximum Gasteiger partial charge on any atom is 0.341 e. The van der Waals surface area contributed by atoms with Crippen LogP contribution in [0.1, 0.15) is 61.7 Å². The van der Waals surface area contributed by atoms with Gasteiger partial charge in [0.1, 0.15) is 17.4 Å². The quantitative estimate of drug-likeness (QED) is 0.721. The van der Waals surface area contributed by atoms with Crippen LogP contribution in [0.2, 0.25) is 0 Å². The van der Waals surface area contributed by atoms with Gasteiger partial charge in [0.2, 0.25) is 5.91 Å². The van der Waals surface area contributed by atoms with Crippen molar-refractivity contribution in [1.29, 1.82) is 0 Å². The van der Waals surface area contributed by atoms with Crippen molar-refractivity contribution in [2.75, 3.05) is 20.2 Å². The van der Waals surface area contributed by atoms with Crippen molar-refractivity contribution >= 4 is 11.9 Å². The number of hydrogen-bond donors (Lipinski definition) is 1. The molecule has 1 N–H and O–H groups in total. The van der Waals surface area contributed by atoms with E-state index in [9.17, 15) is 14.7 Å². The van der Waals surface area contributed by atoms with Gasteiger partial charge < -0.3 is 19.5 Å². The summed E-state index contributed by atoms with van der Waals surface area (Å²) in [6.45, 7) is 1.50. The molecule has 0 bridgehead atoms. The number of nitrogens with zero attached hydrogens (tertiary/aromatic N) is 1. The van der Waals surface area contributed by atoms with Crippen molar-refractivity contribution in [1.82, 2.24) is 4.90 Å². The fraction of sp³-hybridized carbons (Fsp3) is 0.667. The maximum absolute atomic E-state index is 12.7. The molecule has 164 valence electrons. The molecule has 0 unspecified atom stereocenters. The van der Waals surface area contributed by atoms with E-state index in [0.29, 0.717) is 42.4 Å². The average Bonchev–Trinajstić information content (AvgIpc) is 3.42. The highest BCUT2D eigenvalue weighted by Crippen LogP contribution is 2.39. The lowest BCUT2D eigenvalue weighted by Gasteiger charge is -2.35. The number of aliphatic hydroxyl groups is 1. The molecule has 0 radical (unpaired) electrons. The number of esters is 1. The fourth-order valence-electron chi connectivity index (χ4n) is 5.52. The summed E-state index contributed by atoms with van der Waals surface area (Å²) < 4.78 is 10.9. The minimum absolute atomic E-state index is 0.263. The van der Waals surface area contributed by atoms with E-state index in [2.05, 4.69) is 0 Å². The maximum atomic E-state index is 12.7. The van der Waals surface area contributed by atoms with E-state index >= 15 is 0 Å². The number of methoxy groups -OCH3 is 1. The molecule has 1 amide bonds. The molecule has 1 aromatic rings. The molecule has 1 aromatic carbocycles. The third-order valence-corrected chi connectivity index (χ3v) is 7.25. The lowest BCUT2D eigenvalue weighted by molar-refractivity contribution is -0.130. The third kappa shape index (κ3) is 4.64. The molecule has 1 heterocycles. The van der Waals surface area contributed by atoms with Crippen molar-refractivity contribution in [3.05, 3.63) is 29.8 Å². The summed E-state index contributed by atoms with van der Waals surface area (Å²) in [6, 6.07) is 6.97. The standard InChI is InChI=1S/C24H33NO5/c1-29-24(28)19-8-4-5-9-21(19)30-22-13-18-15-25(14-17(18)12-20(22)26)23(27)11-10-16-6-2-3-7-16/h4-5,8-9,16-18,20,22,26H,2-3,6-7,10-15H2,1H3/t17-,18+,20+,22+/m0/s1. The molecular formula is C24H33NO5. The van der Waals surface area contributed by atoms with Crippen LogP contribution in [-0.2, 0) is 9.53 Å². The first-order valence-electron chi connectivity index (χ1n) is 11.3. The van der Waals surface area contributed by atoms with Crippen LogP contribution in [-0.4, -0.2) is 54.3 Å². The molecule has 6 heteroatoms. The highest BCUT2D eigenvalue weighted by Gasteiger charge is 2.44. The Morgan fingerprint density at radius 1 is 1.10 bits per heavy atom. The van der Waals surface area contributed by atoms with Gasteiger partial charge in [-0.25, -0.2) is 4.79 Å². The van der Waals surface area contributed by atoms with Gasteiger partial charge in [-0.05, 0) is 49.1 Å². The number of hydrogen-bond acceptors (Lipinski definition) is 5. The number of amides is 1. The summed E-state index contributed by atoms with van der Waals surface area (Å²) in [6.07, 6.45) is 7.17. The smallest absolute Gasteiger partial charge is 0.341 e. The first kappa shape index (κ1) is 21.2. The van der Waals surface area contributed by atoms with E-state index < -0.39 is 12.1 Å². The zero-order chi connectivity index (χ0) is 21.1. The van der Waals surface area contributed by atoms with Crippen LogP contribution in [0.25, 0.3) is 0 Å². The molecule has 2 aliphatic carbocycles.